The van der Waals surface area contributed by atoms with Gasteiger partial charge in [0, 0.05) is 11.1 Å². The molecule has 1 aromatic heterocycles. The molecule has 1 aliphatic carbocycles. The van der Waals surface area contributed by atoms with Gasteiger partial charge in [0.25, 0.3) is 5.91 Å². The lowest BCUT2D eigenvalue weighted by atomic mass is 10.3. The largest absolute Gasteiger partial charge is 0.353 e. The molecule has 21 heavy (non-hydrogen) atoms. The minimum absolute atomic E-state index is 0.131. The number of carbonyl (C=O) groups excluding carboxylic acids is 1. The molecule has 6 heteroatoms. The van der Waals surface area contributed by atoms with Crippen LogP contribution < -0.4 is 10.6 Å². The molecule has 0 unspecified atom stereocenters. The summed E-state index contributed by atoms with van der Waals surface area (Å²) in [6.07, 6.45) is 3.72. The predicted octanol–water partition coefficient (Wildman–Crippen LogP) is 4.02. The lowest BCUT2D eigenvalue weighted by molar-refractivity contribution is 0.0946. The van der Waals surface area contributed by atoms with Crippen molar-refractivity contribution in [3.05, 3.63) is 52.3 Å². The highest BCUT2D eigenvalue weighted by Gasteiger charge is 2.24. The number of aromatic nitrogens is 1. The summed E-state index contributed by atoms with van der Waals surface area (Å²) in [4.78, 5) is 16.0. The van der Waals surface area contributed by atoms with E-state index in [4.69, 9.17) is 23.2 Å². The summed E-state index contributed by atoms with van der Waals surface area (Å²) < 4.78 is 0. The van der Waals surface area contributed by atoms with E-state index in [-0.39, 0.29) is 5.91 Å². The molecule has 0 radical (unpaired) electrons. The van der Waals surface area contributed by atoms with Crippen LogP contribution in [0.5, 0.6) is 0 Å². The third-order valence-corrected chi connectivity index (χ3v) is 3.67. The van der Waals surface area contributed by atoms with Crippen molar-refractivity contribution in [1.82, 2.24) is 10.3 Å². The Hall–Kier alpha value is -1.78. The van der Waals surface area contributed by atoms with Crippen molar-refractivity contribution in [2.75, 3.05) is 5.32 Å². The molecule has 108 valence electrons. The molecule has 1 amide bonds. The SMILES string of the molecule is O=C(NC1CC1)c1ccc(Nc2ccc(Cl)cc2Cl)cn1. The van der Waals surface area contributed by atoms with Crippen LogP contribution in [0.25, 0.3) is 0 Å². The van der Waals surface area contributed by atoms with E-state index < -0.39 is 0 Å². The Morgan fingerprint density at radius 1 is 1.19 bits per heavy atom. The summed E-state index contributed by atoms with van der Waals surface area (Å²) in [7, 11) is 0. The monoisotopic (exact) mass is 321 g/mol. The Labute approximate surface area is 132 Å². The summed E-state index contributed by atoms with van der Waals surface area (Å²) in [5.74, 6) is -0.131. The molecule has 1 heterocycles. The fraction of sp³-hybridized carbons (Fsp3) is 0.200. The third-order valence-electron chi connectivity index (χ3n) is 3.12. The third kappa shape index (κ3) is 3.65. The van der Waals surface area contributed by atoms with Gasteiger partial charge in [-0.25, -0.2) is 4.98 Å². The van der Waals surface area contributed by atoms with Gasteiger partial charge in [0.1, 0.15) is 5.69 Å². The van der Waals surface area contributed by atoms with Crippen LogP contribution in [-0.4, -0.2) is 16.9 Å². The number of nitrogens with zero attached hydrogens (tertiary/aromatic N) is 1. The van der Waals surface area contributed by atoms with E-state index in [2.05, 4.69) is 15.6 Å². The number of rotatable bonds is 4. The minimum Gasteiger partial charge on any atom is -0.353 e. The first-order valence-corrected chi connectivity index (χ1v) is 7.36. The van der Waals surface area contributed by atoms with E-state index in [0.29, 0.717) is 21.8 Å². The van der Waals surface area contributed by atoms with Crippen LogP contribution >= 0.6 is 23.2 Å². The summed E-state index contributed by atoms with van der Waals surface area (Å²) in [6, 6.07) is 9.00. The second-order valence-corrected chi connectivity index (χ2v) is 5.77. The van der Waals surface area contributed by atoms with Gasteiger partial charge in [0.2, 0.25) is 0 Å². The van der Waals surface area contributed by atoms with Crippen molar-refractivity contribution in [1.29, 1.82) is 0 Å². The Morgan fingerprint density at radius 2 is 2.00 bits per heavy atom. The van der Waals surface area contributed by atoms with Gasteiger partial charge in [-0.05, 0) is 43.2 Å². The zero-order chi connectivity index (χ0) is 14.8. The minimum atomic E-state index is -0.131. The summed E-state index contributed by atoms with van der Waals surface area (Å²) >= 11 is 11.9. The summed E-state index contributed by atoms with van der Waals surface area (Å²) in [5.41, 5.74) is 1.90. The molecule has 0 spiro atoms. The molecule has 1 aliphatic rings. The molecule has 3 rings (SSSR count). The topological polar surface area (TPSA) is 54.0 Å². The molecule has 0 bridgehead atoms. The molecular formula is C15H13Cl2N3O. The maximum atomic E-state index is 11.8. The fourth-order valence-corrected chi connectivity index (χ4v) is 2.29. The van der Waals surface area contributed by atoms with Crippen molar-refractivity contribution in [2.45, 2.75) is 18.9 Å². The van der Waals surface area contributed by atoms with Crippen LogP contribution in [0.2, 0.25) is 10.0 Å². The lowest BCUT2D eigenvalue weighted by Gasteiger charge is -2.09. The maximum absolute atomic E-state index is 11.8. The van der Waals surface area contributed by atoms with E-state index in [0.717, 1.165) is 24.2 Å². The first-order chi connectivity index (χ1) is 10.1. The maximum Gasteiger partial charge on any atom is 0.270 e. The molecule has 1 saturated carbocycles. The zero-order valence-corrected chi connectivity index (χ0v) is 12.6. The number of carbonyl (C=O) groups is 1. The Kier molecular flexibility index (Phi) is 3.99. The van der Waals surface area contributed by atoms with Crippen LogP contribution in [0.4, 0.5) is 11.4 Å². The molecule has 0 saturated heterocycles. The van der Waals surface area contributed by atoms with Crippen molar-refractivity contribution in [3.63, 3.8) is 0 Å². The van der Waals surface area contributed by atoms with Gasteiger partial charge in [0.15, 0.2) is 0 Å². The zero-order valence-electron chi connectivity index (χ0n) is 11.1. The number of anilines is 2. The average molecular weight is 322 g/mol. The van der Waals surface area contributed by atoms with Gasteiger partial charge in [0.05, 0.1) is 22.6 Å². The molecular weight excluding hydrogens is 309 g/mol. The molecule has 0 aliphatic heterocycles. The number of pyridine rings is 1. The van der Waals surface area contributed by atoms with Gasteiger partial charge in [-0.15, -0.1) is 0 Å². The molecule has 1 fully saturated rings. The van der Waals surface area contributed by atoms with E-state index in [1.54, 1.807) is 36.5 Å². The highest BCUT2D eigenvalue weighted by molar-refractivity contribution is 6.36. The Bertz CT molecular complexity index is 669. The predicted molar refractivity (Wildman–Crippen MR) is 84.5 cm³/mol. The van der Waals surface area contributed by atoms with Gasteiger partial charge in [-0.2, -0.15) is 0 Å². The van der Waals surface area contributed by atoms with Gasteiger partial charge in [-0.3, -0.25) is 4.79 Å². The summed E-state index contributed by atoms with van der Waals surface area (Å²) in [5, 5.41) is 7.14. The number of hydrogen-bond donors (Lipinski definition) is 2. The van der Waals surface area contributed by atoms with Crippen LogP contribution in [0.3, 0.4) is 0 Å². The van der Waals surface area contributed by atoms with Gasteiger partial charge < -0.3 is 10.6 Å². The number of hydrogen-bond acceptors (Lipinski definition) is 3. The van der Waals surface area contributed by atoms with Crippen molar-refractivity contribution >= 4 is 40.5 Å². The smallest absolute Gasteiger partial charge is 0.270 e. The van der Waals surface area contributed by atoms with E-state index >= 15 is 0 Å². The second-order valence-electron chi connectivity index (χ2n) is 4.93. The fourth-order valence-electron chi connectivity index (χ4n) is 1.84. The van der Waals surface area contributed by atoms with Gasteiger partial charge >= 0.3 is 0 Å². The van der Waals surface area contributed by atoms with Crippen molar-refractivity contribution in [3.8, 4) is 0 Å². The first-order valence-electron chi connectivity index (χ1n) is 6.61. The number of halogens is 2. The summed E-state index contributed by atoms with van der Waals surface area (Å²) in [6.45, 7) is 0. The van der Waals surface area contributed by atoms with Crippen LogP contribution in [-0.2, 0) is 0 Å². The quantitative estimate of drug-likeness (QED) is 0.894. The first kappa shape index (κ1) is 14.2. The number of amides is 1. The Morgan fingerprint density at radius 3 is 2.62 bits per heavy atom. The number of nitrogens with one attached hydrogen (secondary N) is 2. The normalized spacial score (nSPS) is 13.8. The second kappa shape index (κ2) is 5.92. The Balaban J connectivity index is 1.70. The van der Waals surface area contributed by atoms with Gasteiger partial charge in [-0.1, -0.05) is 23.2 Å². The molecule has 2 aromatic rings. The van der Waals surface area contributed by atoms with Crippen LogP contribution in [0.15, 0.2) is 36.5 Å². The van der Waals surface area contributed by atoms with Crippen LogP contribution in [0.1, 0.15) is 23.3 Å². The standard InChI is InChI=1S/C15H13Cl2N3O/c16-9-1-5-13(12(17)7-9)19-11-4-6-14(18-8-11)15(21)20-10-2-3-10/h1,4-8,10,19H,2-3H2,(H,20,21). The lowest BCUT2D eigenvalue weighted by Crippen LogP contribution is -2.26. The van der Waals surface area contributed by atoms with Crippen molar-refractivity contribution < 1.29 is 4.79 Å². The molecule has 1 aromatic carbocycles. The van der Waals surface area contributed by atoms with Crippen LogP contribution in [0, 0.1) is 0 Å². The highest BCUT2D eigenvalue weighted by Crippen LogP contribution is 2.28. The average Bonchev–Trinajstić information content (AvgIpc) is 3.26. The van der Waals surface area contributed by atoms with E-state index in [1.165, 1.54) is 0 Å². The molecule has 2 N–H and O–H groups in total. The molecule has 0 atom stereocenters. The number of benzene rings is 1. The van der Waals surface area contributed by atoms with E-state index in [9.17, 15) is 4.79 Å². The van der Waals surface area contributed by atoms with Crippen molar-refractivity contribution in [2.24, 2.45) is 0 Å². The van der Waals surface area contributed by atoms with E-state index in [1.807, 2.05) is 0 Å². The molecule has 4 nitrogen and oxygen atoms in total. The highest BCUT2D eigenvalue weighted by atomic mass is 35.5.